The number of nitrogens with two attached hydrogens (primary N) is 1. The predicted octanol–water partition coefficient (Wildman–Crippen LogP) is 0.678. The summed E-state index contributed by atoms with van der Waals surface area (Å²) < 4.78 is 0. The Morgan fingerprint density at radius 1 is 1.21 bits per heavy atom. The summed E-state index contributed by atoms with van der Waals surface area (Å²) in [4.78, 5) is 49.0. The third kappa shape index (κ3) is 7.68. The van der Waals surface area contributed by atoms with Crippen molar-refractivity contribution in [3.63, 3.8) is 0 Å². The van der Waals surface area contributed by atoms with E-state index >= 15 is 0 Å². The van der Waals surface area contributed by atoms with Crippen molar-refractivity contribution in [2.24, 2.45) is 11.7 Å². The highest BCUT2D eigenvalue weighted by Crippen LogP contribution is 2.26. The smallest absolute Gasteiger partial charge is 0.322 e. The molecule has 8 N–H and O–H groups in total. The van der Waals surface area contributed by atoms with Crippen LogP contribution in [0.4, 0.5) is 5.69 Å². The van der Waals surface area contributed by atoms with Crippen LogP contribution in [0.2, 0.25) is 0 Å². The van der Waals surface area contributed by atoms with E-state index in [1.165, 1.54) is 23.1 Å². The summed E-state index contributed by atoms with van der Waals surface area (Å²) in [5.41, 5.74) is 11.6. The zero-order chi connectivity index (χ0) is 25.4. The van der Waals surface area contributed by atoms with Crippen molar-refractivity contribution in [1.29, 1.82) is 0 Å². The number of hydrazine groups is 1. The molecule has 0 aromatic heterocycles. The number of carboxylic acid groups (broad SMARTS) is 2. The van der Waals surface area contributed by atoms with Crippen LogP contribution < -0.4 is 21.9 Å². The van der Waals surface area contributed by atoms with Gasteiger partial charge in [-0.15, -0.1) is 0 Å². The highest BCUT2D eigenvalue weighted by molar-refractivity contribution is 6.00. The second kappa shape index (κ2) is 12.3. The van der Waals surface area contributed by atoms with E-state index in [0.717, 1.165) is 0 Å². The Labute approximate surface area is 197 Å². The highest BCUT2D eigenvalue weighted by atomic mass is 16.4. The van der Waals surface area contributed by atoms with Gasteiger partial charge in [-0.05, 0) is 49.8 Å². The second-order valence-corrected chi connectivity index (χ2v) is 8.73. The van der Waals surface area contributed by atoms with Gasteiger partial charge in [-0.1, -0.05) is 13.8 Å². The summed E-state index contributed by atoms with van der Waals surface area (Å²) in [6.45, 7) is 4.23. The van der Waals surface area contributed by atoms with Gasteiger partial charge in [0.15, 0.2) is 0 Å². The number of nitrogens with zero attached hydrogens (tertiary/aromatic N) is 1. The lowest BCUT2D eigenvalue weighted by molar-refractivity contribution is -0.140. The molecule has 0 aliphatic carbocycles. The molecular formula is C22H33N5O7. The Hall–Kier alpha value is -3.22. The van der Waals surface area contributed by atoms with Crippen LogP contribution in [0.5, 0.6) is 5.75 Å². The Morgan fingerprint density at radius 3 is 2.53 bits per heavy atom. The molecule has 1 unspecified atom stereocenters. The minimum Gasteiger partial charge on any atom is -0.507 e. The average Bonchev–Trinajstić information content (AvgIpc) is 3.23. The fourth-order valence-electron chi connectivity index (χ4n) is 3.63. The molecule has 0 spiro atoms. The molecule has 2 amide bonds. The van der Waals surface area contributed by atoms with Crippen molar-refractivity contribution in [3.8, 4) is 5.75 Å². The van der Waals surface area contributed by atoms with Gasteiger partial charge >= 0.3 is 11.9 Å². The van der Waals surface area contributed by atoms with E-state index < -0.39 is 42.0 Å². The Morgan fingerprint density at radius 2 is 1.91 bits per heavy atom. The van der Waals surface area contributed by atoms with Crippen LogP contribution in [0.25, 0.3) is 0 Å². The van der Waals surface area contributed by atoms with Gasteiger partial charge in [0.2, 0.25) is 5.91 Å². The normalized spacial score (nSPS) is 17.4. The summed E-state index contributed by atoms with van der Waals surface area (Å²) in [7, 11) is 0. The van der Waals surface area contributed by atoms with Crippen molar-refractivity contribution >= 4 is 29.4 Å². The fraction of sp³-hybridized carbons (Fsp3) is 0.545. The SMILES string of the molecule is CC(C)C[C@H](NN[C@@H]1CCCN1C(=O)c1cc(NC(=O)C(N)CCC(=O)O)ccc1O)C(=O)O. The van der Waals surface area contributed by atoms with Crippen LogP contribution in [0.15, 0.2) is 18.2 Å². The summed E-state index contributed by atoms with van der Waals surface area (Å²) in [6, 6.07) is 2.12. The summed E-state index contributed by atoms with van der Waals surface area (Å²) in [5, 5.41) is 30.9. The number of hydrogen-bond acceptors (Lipinski definition) is 8. The van der Waals surface area contributed by atoms with Crippen LogP contribution in [0, 0.1) is 5.92 Å². The number of aromatic hydroxyl groups is 1. The van der Waals surface area contributed by atoms with Gasteiger partial charge < -0.3 is 31.3 Å². The number of rotatable bonds is 12. The maximum atomic E-state index is 13.2. The van der Waals surface area contributed by atoms with Gasteiger partial charge in [-0.2, -0.15) is 0 Å². The number of carbonyl (C=O) groups is 4. The van der Waals surface area contributed by atoms with E-state index in [9.17, 15) is 29.4 Å². The number of carboxylic acids is 2. The van der Waals surface area contributed by atoms with Crippen molar-refractivity contribution < 1.29 is 34.5 Å². The minimum atomic E-state index is -1.07. The second-order valence-electron chi connectivity index (χ2n) is 8.73. The first-order chi connectivity index (χ1) is 16.0. The van der Waals surface area contributed by atoms with Crippen molar-refractivity contribution in [3.05, 3.63) is 23.8 Å². The largest absolute Gasteiger partial charge is 0.507 e. The molecule has 12 heteroatoms. The lowest BCUT2D eigenvalue weighted by Gasteiger charge is -2.28. The maximum absolute atomic E-state index is 13.2. The first-order valence-electron chi connectivity index (χ1n) is 11.2. The van der Waals surface area contributed by atoms with Crippen molar-refractivity contribution in [2.75, 3.05) is 11.9 Å². The van der Waals surface area contributed by atoms with Gasteiger partial charge in [0, 0.05) is 18.7 Å². The molecule has 1 fully saturated rings. The standard InChI is InChI=1S/C22H33N5O7/c1-12(2)10-16(22(33)34)25-26-18-4-3-9-27(18)21(32)14-11-13(5-7-17(14)28)24-20(31)15(23)6-8-19(29)30/h5,7,11-12,15-16,18,25-26,28H,3-4,6,8-10,23H2,1-2H3,(H,24,31)(H,29,30)(H,33,34)/t15?,16-,18-/m0/s1. The first-order valence-corrected chi connectivity index (χ1v) is 11.2. The molecule has 188 valence electrons. The monoisotopic (exact) mass is 479 g/mol. The summed E-state index contributed by atoms with van der Waals surface area (Å²) >= 11 is 0. The topological polar surface area (TPSA) is 194 Å². The van der Waals surface area contributed by atoms with Crippen LogP contribution in [0.1, 0.15) is 56.3 Å². The number of amides is 2. The third-order valence-electron chi connectivity index (χ3n) is 5.44. The molecule has 1 heterocycles. The van der Waals surface area contributed by atoms with Crippen LogP contribution in [0.3, 0.4) is 0 Å². The molecule has 1 saturated heterocycles. The van der Waals surface area contributed by atoms with E-state index in [0.29, 0.717) is 25.8 Å². The Bertz CT molecular complexity index is 908. The molecule has 2 rings (SSSR count). The molecule has 0 bridgehead atoms. The van der Waals surface area contributed by atoms with Crippen LogP contribution in [-0.4, -0.2) is 68.8 Å². The number of benzene rings is 1. The van der Waals surface area contributed by atoms with E-state index in [1.54, 1.807) is 0 Å². The molecule has 1 aromatic rings. The number of phenolic OH excluding ortho intramolecular Hbond substituents is 1. The lowest BCUT2D eigenvalue weighted by atomic mass is 10.0. The molecule has 12 nitrogen and oxygen atoms in total. The number of nitrogens with one attached hydrogen (secondary N) is 3. The number of likely N-dealkylation sites (tertiary alicyclic amines) is 1. The number of anilines is 1. The summed E-state index contributed by atoms with van der Waals surface area (Å²) in [6.07, 6.45) is 0.882. The molecule has 0 radical (unpaired) electrons. The molecule has 0 saturated carbocycles. The van der Waals surface area contributed by atoms with Crippen LogP contribution in [-0.2, 0) is 14.4 Å². The predicted molar refractivity (Wildman–Crippen MR) is 123 cm³/mol. The number of hydrogen-bond donors (Lipinski definition) is 7. The average molecular weight is 480 g/mol. The molecule has 1 aliphatic rings. The zero-order valence-electron chi connectivity index (χ0n) is 19.3. The minimum absolute atomic E-state index is 0.0393. The van der Waals surface area contributed by atoms with Crippen LogP contribution >= 0.6 is 0 Å². The molecular weight excluding hydrogens is 446 g/mol. The van der Waals surface area contributed by atoms with Crippen molar-refractivity contribution in [2.45, 2.75) is 64.2 Å². The van der Waals surface area contributed by atoms with E-state index in [-0.39, 0.29) is 35.8 Å². The van der Waals surface area contributed by atoms with E-state index in [1.807, 2.05) is 13.8 Å². The number of aliphatic carboxylic acids is 2. The van der Waals surface area contributed by atoms with Gasteiger partial charge in [-0.3, -0.25) is 19.2 Å². The van der Waals surface area contributed by atoms with E-state index in [2.05, 4.69) is 16.2 Å². The molecule has 1 aliphatic heterocycles. The van der Waals surface area contributed by atoms with Gasteiger partial charge in [0.1, 0.15) is 11.8 Å². The third-order valence-corrected chi connectivity index (χ3v) is 5.44. The van der Waals surface area contributed by atoms with Gasteiger partial charge in [0.05, 0.1) is 17.8 Å². The van der Waals surface area contributed by atoms with E-state index in [4.69, 9.17) is 10.8 Å². The van der Waals surface area contributed by atoms with Gasteiger partial charge in [0.25, 0.3) is 5.91 Å². The lowest BCUT2D eigenvalue weighted by Crippen LogP contribution is -2.55. The Kier molecular flexibility index (Phi) is 9.78. The molecule has 3 atom stereocenters. The zero-order valence-corrected chi connectivity index (χ0v) is 19.3. The Balaban J connectivity index is 2.08. The first kappa shape index (κ1) is 27.0. The molecule has 34 heavy (non-hydrogen) atoms. The molecule has 1 aromatic carbocycles. The van der Waals surface area contributed by atoms with Crippen molar-refractivity contribution in [1.82, 2.24) is 15.8 Å². The van der Waals surface area contributed by atoms with Gasteiger partial charge in [-0.25, -0.2) is 10.9 Å². The highest BCUT2D eigenvalue weighted by Gasteiger charge is 2.32. The maximum Gasteiger partial charge on any atom is 0.322 e. The number of carbonyl (C=O) groups excluding carboxylic acids is 2. The number of phenols is 1. The fourth-order valence-corrected chi connectivity index (χ4v) is 3.63. The quantitative estimate of drug-likeness (QED) is 0.165. The summed E-state index contributed by atoms with van der Waals surface area (Å²) in [5.74, 6) is -3.29.